The van der Waals surface area contributed by atoms with Crippen LogP contribution in [0, 0.1) is 5.82 Å². The number of pyridine rings is 1. The maximum atomic E-state index is 12.9. The van der Waals surface area contributed by atoms with Gasteiger partial charge in [-0.15, -0.1) is 0 Å². The Balaban J connectivity index is 2.62. The lowest BCUT2D eigenvalue weighted by Gasteiger charge is -2.10. The van der Waals surface area contributed by atoms with Crippen molar-refractivity contribution in [3.8, 4) is 0 Å². The quantitative estimate of drug-likeness (QED) is 0.763. The Morgan fingerprint density at radius 3 is 2.94 bits per heavy atom. The first-order valence-corrected chi connectivity index (χ1v) is 4.84. The van der Waals surface area contributed by atoms with Gasteiger partial charge in [-0.25, -0.2) is 9.37 Å². The van der Waals surface area contributed by atoms with E-state index in [9.17, 15) is 9.18 Å². The Morgan fingerprint density at radius 1 is 1.62 bits per heavy atom. The molecule has 1 heterocycles. The van der Waals surface area contributed by atoms with Crippen molar-refractivity contribution in [2.45, 2.75) is 0 Å². The fourth-order valence-corrected chi connectivity index (χ4v) is 1.12. The Labute approximate surface area is 93.5 Å². The molecule has 16 heavy (non-hydrogen) atoms. The highest BCUT2D eigenvalue weighted by Gasteiger charge is 2.11. The molecule has 0 saturated heterocycles. The maximum absolute atomic E-state index is 12.9. The minimum Gasteiger partial charge on any atom is -0.383 e. The first-order chi connectivity index (χ1) is 7.50. The van der Waals surface area contributed by atoms with E-state index in [4.69, 9.17) is 5.73 Å². The summed E-state index contributed by atoms with van der Waals surface area (Å²) in [7, 11) is 3.79. The number of carbonyl (C=O) groups is 1. The lowest BCUT2D eigenvalue weighted by Crippen LogP contribution is -2.31. The van der Waals surface area contributed by atoms with Gasteiger partial charge in [-0.2, -0.15) is 0 Å². The number of nitrogens with one attached hydrogen (secondary N) is 1. The number of hydrogen-bond acceptors (Lipinski definition) is 4. The Kier molecular flexibility index (Phi) is 4.19. The largest absolute Gasteiger partial charge is 0.383 e. The molecule has 1 aromatic heterocycles. The van der Waals surface area contributed by atoms with Gasteiger partial charge in [0.15, 0.2) is 0 Å². The van der Waals surface area contributed by atoms with Crippen molar-refractivity contribution in [3.05, 3.63) is 23.6 Å². The molecule has 0 radical (unpaired) electrons. The highest BCUT2D eigenvalue weighted by molar-refractivity contribution is 5.98. The summed E-state index contributed by atoms with van der Waals surface area (Å²) in [5.41, 5.74) is 5.54. The molecular weight excluding hydrogens is 211 g/mol. The van der Waals surface area contributed by atoms with Crippen molar-refractivity contribution in [3.63, 3.8) is 0 Å². The van der Waals surface area contributed by atoms with Gasteiger partial charge in [0, 0.05) is 13.1 Å². The minimum absolute atomic E-state index is 0.0313. The van der Waals surface area contributed by atoms with E-state index in [2.05, 4.69) is 10.3 Å². The molecule has 6 heteroatoms. The van der Waals surface area contributed by atoms with Crippen LogP contribution in [0.4, 0.5) is 10.2 Å². The molecule has 0 saturated carbocycles. The van der Waals surface area contributed by atoms with Gasteiger partial charge >= 0.3 is 0 Å². The van der Waals surface area contributed by atoms with E-state index >= 15 is 0 Å². The van der Waals surface area contributed by atoms with E-state index in [1.54, 1.807) is 0 Å². The summed E-state index contributed by atoms with van der Waals surface area (Å²) in [5.74, 6) is -0.956. The zero-order chi connectivity index (χ0) is 12.1. The summed E-state index contributed by atoms with van der Waals surface area (Å²) in [6, 6.07) is 1.08. The zero-order valence-electron chi connectivity index (χ0n) is 9.33. The van der Waals surface area contributed by atoms with Crippen molar-refractivity contribution in [2.24, 2.45) is 0 Å². The number of amides is 1. The van der Waals surface area contributed by atoms with E-state index < -0.39 is 11.7 Å². The van der Waals surface area contributed by atoms with Crippen LogP contribution in [-0.4, -0.2) is 43.0 Å². The van der Waals surface area contributed by atoms with Crippen molar-refractivity contribution in [1.82, 2.24) is 15.2 Å². The van der Waals surface area contributed by atoms with Crippen LogP contribution in [0.15, 0.2) is 12.3 Å². The molecule has 1 amide bonds. The monoisotopic (exact) mass is 226 g/mol. The van der Waals surface area contributed by atoms with E-state index in [1.807, 2.05) is 19.0 Å². The van der Waals surface area contributed by atoms with Gasteiger partial charge in [0.05, 0.1) is 11.8 Å². The molecule has 0 spiro atoms. The molecule has 88 valence electrons. The van der Waals surface area contributed by atoms with Crippen molar-refractivity contribution in [2.75, 3.05) is 32.9 Å². The van der Waals surface area contributed by atoms with Gasteiger partial charge in [-0.05, 0) is 20.2 Å². The number of anilines is 1. The van der Waals surface area contributed by atoms with E-state index in [0.717, 1.165) is 12.3 Å². The molecular formula is C10H15FN4O. The molecule has 1 rings (SSSR count). The average Bonchev–Trinajstić information content (AvgIpc) is 2.21. The normalized spacial score (nSPS) is 10.5. The second kappa shape index (κ2) is 5.41. The standard InChI is InChI=1S/C10H15FN4O/c1-15(2)4-3-13-10(16)8-5-7(11)6-14-9(8)12/h5-6H,3-4H2,1-2H3,(H2,12,14)(H,13,16). The van der Waals surface area contributed by atoms with Crippen molar-refractivity contribution in [1.29, 1.82) is 0 Å². The SMILES string of the molecule is CN(C)CCNC(=O)c1cc(F)cnc1N. The average molecular weight is 226 g/mol. The van der Waals surface area contributed by atoms with E-state index in [0.29, 0.717) is 13.1 Å². The van der Waals surface area contributed by atoms with Gasteiger partial charge in [0.1, 0.15) is 11.6 Å². The van der Waals surface area contributed by atoms with Crippen molar-refractivity contribution >= 4 is 11.7 Å². The van der Waals surface area contributed by atoms with Gasteiger partial charge in [0.25, 0.3) is 5.91 Å². The first-order valence-electron chi connectivity index (χ1n) is 4.84. The topological polar surface area (TPSA) is 71.2 Å². The lowest BCUT2D eigenvalue weighted by molar-refractivity contribution is 0.0951. The van der Waals surface area contributed by atoms with E-state index in [-0.39, 0.29) is 11.4 Å². The van der Waals surface area contributed by atoms with Crippen LogP contribution in [0.1, 0.15) is 10.4 Å². The summed E-state index contributed by atoms with van der Waals surface area (Å²) in [5, 5.41) is 2.63. The second-order valence-electron chi connectivity index (χ2n) is 3.65. The van der Waals surface area contributed by atoms with Crippen LogP contribution in [0.3, 0.4) is 0 Å². The van der Waals surface area contributed by atoms with Crippen LogP contribution < -0.4 is 11.1 Å². The second-order valence-corrected chi connectivity index (χ2v) is 3.65. The van der Waals surface area contributed by atoms with E-state index in [1.165, 1.54) is 0 Å². The molecule has 1 aromatic rings. The minimum atomic E-state index is -0.577. The maximum Gasteiger partial charge on any atom is 0.255 e. The predicted octanol–water partition coefficient (Wildman–Crippen LogP) is 0.0943. The Hall–Kier alpha value is -1.69. The molecule has 5 nitrogen and oxygen atoms in total. The molecule has 0 aliphatic carbocycles. The number of hydrogen-bond donors (Lipinski definition) is 2. The summed E-state index contributed by atoms with van der Waals surface area (Å²) in [4.78, 5) is 17.1. The van der Waals surface area contributed by atoms with Gasteiger partial charge < -0.3 is 16.0 Å². The number of rotatable bonds is 4. The zero-order valence-corrected chi connectivity index (χ0v) is 9.33. The number of nitrogens with two attached hydrogens (primary N) is 1. The number of likely N-dealkylation sites (N-methyl/N-ethyl adjacent to an activating group) is 1. The summed E-state index contributed by atoms with van der Waals surface area (Å²) in [6.45, 7) is 1.18. The van der Waals surface area contributed by atoms with Gasteiger partial charge in [-0.1, -0.05) is 0 Å². The third kappa shape index (κ3) is 3.47. The van der Waals surface area contributed by atoms with Crippen LogP contribution in [0.25, 0.3) is 0 Å². The highest BCUT2D eigenvalue weighted by Crippen LogP contribution is 2.09. The Bertz CT molecular complexity index is 381. The fourth-order valence-electron chi connectivity index (χ4n) is 1.12. The van der Waals surface area contributed by atoms with Crippen LogP contribution in [0.5, 0.6) is 0 Å². The van der Waals surface area contributed by atoms with Gasteiger partial charge in [0.2, 0.25) is 0 Å². The predicted molar refractivity (Wildman–Crippen MR) is 59.5 cm³/mol. The number of aromatic nitrogens is 1. The third-order valence-electron chi connectivity index (χ3n) is 1.97. The molecule has 0 aromatic carbocycles. The third-order valence-corrected chi connectivity index (χ3v) is 1.97. The number of carbonyl (C=O) groups excluding carboxylic acids is 1. The molecule has 0 unspecified atom stereocenters. The lowest BCUT2D eigenvalue weighted by atomic mass is 10.2. The van der Waals surface area contributed by atoms with Crippen LogP contribution >= 0.6 is 0 Å². The fraction of sp³-hybridized carbons (Fsp3) is 0.400. The Morgan fingerprint density at radius 2 is 2.31 bits per heavy atom. The number of nitrogen functional groups attached to an aromatic ring is 1. The van der Waals surface area contributed by atoms with Crippen LogP contribution in [0.2, 0.25) is 0 Å². The smallest absolute Gasteiger partial charge is 0.255 e. The highest BCUT2D eigenvalue weighted by atomic mass is 19.1. The molecule has 0 aliphatic heterocycles. The molecule has 3 N–H and O–H groups in total. The number of nitrogens with zero attached hydrogens (tertiary/aromatic N) is 2. The molecule has 0 bridgehead atoms. The first kappa shape index (κ1) is 12.4. The molecule has 0 fully saturated rings. The van der Waals surface area contributed by atoms with Gasteiger partial charge in [-0.3, -0.25) is 4.79 Å². The van der Waals surface area contributed by atoms with Crippen molar-refractivity contribution < 1.29 is 9.18 Å². The number of halogens is 1. The molecule has 0 atom stereocenters. The van der Waals surface area contributed by atoms with Crippen LogP contribution in [-0.2, 0) is 0 Å². The summed E-state index contributed by atoms with van der Waals surface area (Å²) in [6.07, 6.45) is 0.978. The summed E-state index contributed by atoms with van der Waals surface area (Å²) >= 11 is 0. The summed E-state index contributed by atoms with van der Waals surface area (Å²) < 4.78 is 12.9. The molecule has 0 aliphatic rings.